The van der Waals surface area contributed by atoms with E-state index in [0.29, 0.717) is 17.5 Å². The van der Waals surface area contributed by atoms with Crippen LogP contribution in [0.1, 0.15) is 44.1 Å². The normalized spacial score (nSPS) is 28.4. The third-order valence-corrected chi connectivity index (χ3v) is 5.31. The zero-order chi connectivity index (χ0) is 14.2. The van der Waals surface area contributed by atoms with E-state index in [1.165, 1.54) is 38.5 Å². The Morgan fingerprint density at radius 1 is 1.05 bits per heavy atom. The molecular formula is C17H23NO3. The molecule has 2 fully saturated rings. The molecule has 0 radical (unpaired) electrons. The van der Waals surface area contributed by atoms with E-state index in [1.807, 2.05) is 6.07 Å². The number of hydrogen-bond acceptors (Lipinski definition) is 4. The highest BCUT2D eigenvalue weighted by atomic mass is 16.7. The molecule has 21 heavy (non-hydrogen) atoms. The van der Waals surface area contributed by atoms with Gasteiger partial charge in [-0.1, -0.05) is 12.8 Å². The Balaban J connectivity index is 1.55. The van der Waals surface area contributed by atoms with Crippen LogP contribution in [0.4, 0.5) is 0 Å². The van der Waals surface area contributed by atoms with Crippen molar-refractivity contribution in [1.29, 1.82) is 0 Å². The van der Waals surface area contributed by atoms with Crippen LogP contribution in [0.15, 0.2) is 12.1 Å². The minimum Gasteiger partial charge on any atom is -0.507 e. The lowest BCUT2D eigenvalue weighted by molar-refractivity contribution is 0.0541. The third kappa shape index (κ3) is 2.46. The lowest BCUT2D eigenvalue weighted by atomic mass is 9.78. The molecule has 4 rings (SSSR count). The molecule has 0 spiro atoms. The molecular weight excluding hydrogens is 266 g/mol. The Kier molecular flexibility index (Phi) is 3.42. The highest BCUT2D eigenvalue weighted by Crippen LogP contribution is 2.40. The van der Waals surface area contributed by atoms with Gasteiger partial charge in [-0.05, 0) is 44.2 Å². The third-order valence-electron chi connectivity index (χ3n) is 5.31. The number of likely N-dealkylation sites (tertiary alicyclic amines) is 1. The molecule has 4 nitrogen and oxygen atoms in total. The van der Waals surface area contributed by atoms with Crippen LogP contribution < -0.4 is 9.47 Å². The van der Waals surface area contributed by atoms with Gasteiger partial charge in [-0.15, -0.1) is 0 Å². The molecule has 1 saturated carbocycles. The summed E-state index contributed by atoms with van der Waals surface area (Å²) in [5, 5.41) is 10.2. The monoisotopic (exact) mass is 289 g/mol. The highest BCUT2D eigenvalue weighted by molar-refractivity contribution is 5.51. The van der Waals surface area contributed by atoms with Gasteiger partial charge in [0, 0.05) is 24.2 Å². The number of phenols is 1. The first-order valence-corrected chi connectivity index (χ1v) is 8.17. The molecule has 1 N–H and O–H groups in total. The molecule has 4 heteroatoms. The SMILES string of the molecule is Oc1cc2c(cc1CN1CCCC3CCCCC31)OCO2. The fourth-order valence-electron chi connectivity index (χ4n) is 4.24. The summed E-state index contributed by atoms with van der Waals surface area (Å²) in [7, 11) is 0. The topological polar surface area (TPSA) is 41.9 Å². The maximum Gasteiger partial charge on any atom is 0.231 e. The van der Waals surface area contributed by atoms with Gasteiger partial charge < -0.3 is 14.6 Å². The molecule has 1 aromatic rings. The van der Waals surface area contributed by atoms with Crippen molar-refractivity contribution >= 4 is 0 Å². The van der Waals surface area contributed by atoms with Crippen molar-refractivity contribution in [1.82, 2.24) is 4.90 Å². The van der Waals surface area contributed by atoms with Gasteiger partial charge in [0.05, 0.1) is 0 Å². The van der Waals surface area contributed by atoms with Crippen LogP contribution in [0, 0.1) is 5.92 Å². The molecule has 0 aromatic heterocycles. The Bertz CT molecular complexity index is 529. The second kappa shape index (κ2) is 5.41. The van der Waals surface area contributed by atoms with E-state index < -0.39 is 0 Å². The second-order valence-corrected chi connectivity index (χ2v) is 6.56. The fraction of sp³-hybridized carbons (Fsp3) is 0.647. The second-order valence-electron chi connectivity index (χ2n) is 6.56. The van der Waals surface area contributed by atoms with E-state index in [0.717, 1.165) is 30.3 Å². The molecule has 2 heterocycles. The van der Waals surface area contributed by atoms with Crippen LogP contribution in [0.2, 0.25) is 0 Å². The Labute approximate surface area is 125 Å². The summed E-state index contributed by atoms with van der Waals surface area (Å²) < 4.78 is 10.8. The number of aromatic hydroxyl groups is 1. The van der Waals surface area contributed by atoms with E-state index in [4.69, 9.17) is 9.47 Å². The van der Waals surface area contributed by atoms with E-state index >= 15 is 0 Å². The largest absolute Gasteiger partial charge is 0.507 e. The van der Waals surface area contributed by atoms with E-state index in [2.05, 4.69) is 4.90 Å². The molecule has 114 valence electrons. The number of rotatable bonds is 2. The Hall–Kier alpha value is -1.42. The predicted octanol–water partition coefficient (Wildman–Crippen LogP) is 3.28. The van der Waals surface area contributed by atoms with E-state index in [-0.39, 0.29) is 6.79 Å². The fourth-order valence-corrected chi connectivity index (χ4v) is 4.24. The van der Waals surface area contributed by atoms with Gasteiger partial charge in [0.15, 0.2) is 11.5 Å². The Morgan fingerprint density at radius 2 is 1.81 bits per heavy atom. The Morgan fingerprint density at radius 3 is 2.71 bits per heavy atom. The van der Waals surface area contributed by atoms with Crippen molar-refractivity contribution in [2.24, 2.45) is 5.92 Å². The van der Waals surface area contributed by atoms with Gasteiger partial charge in [0.1, 0.15) is 5.75 Å². The van der Waals surface area contributed by atoms with Gasteiger partial charge in [-0.25, -0.2) is 0 Å². The van der Waals surface area contributed by atoms with Gasteiger partial charge in [-0.3, -0.25) is 4.90 Å². The maximum atomic E-state index is 10.2. The standard InChI is InChI=1S/C17H23NO3/c19-15-9-17-16(20-11-21-17)8-13(15)10-18-7-3-5-12-4-1-2-6-14(12)18/h8-9,12,14,19H,1-7,10-11H2. The molecule has 1 aliphatic carbocycles. The van der Waals surface area contributed by atoms with Gasteiger partial charge in [-0.2, -0.15) is 0 Å². The highest BCUT2D eigenvalue weighted by Gasteiger charge is 2.33. The van der Waals surface area contributed by atoms with Gasteiger partial charge in [0.25, 0.3) is 0 Å². The summed E-state index contributed by atoms with van der Waals surface area (Å²) in [6.07, 6.45) is 8.11. The summed E-state index contributed by atoms with van der Waals surface area (Å²) in [5.74, 6) is 2.62. The molecule has 3 aliphatic rings. The zero-order valence-electron chi connectivity index (χ0n) is 12.4. The number of fused-ring (bicyclic) bond motifs is 2. The molecule has 2 unspecified atom stereocenters. The van der Waals surface area contributed by atoms with Crippen LogP contribution in [0.25, 0.3) is 0 Å². The lowest BCUT2D eigenvalue weighted by Gasteiger charge is -2.44. The predicted molar refractivity (Wildman–Crippen MR) is 79.6 cm³/mol. The van der Waals surface area contributed by atoms with Gasteiger partial charge >= 0.3 is 0 Å². The molecule has 1 aromatic carbocycles. The first-order valence-electron chi connectivity index (χ1n) is 8.17. The van der Waals surface area contributed by atoms with Crippen molar-refractivity contribution in [3.05, 3.63) is 17.7 Å². The zero-order valence-corrected chi connectivity index (χ0v) is 12.4. The first-order chi connectivity index (χ1) is 10.3. The van der Waals surface area contributed by atoms with E-state index in [1.54, 1.807) is 6.07 Å². The van der Waals surface area contributed by atoms with Crippen LogP contribution in [-0.2, 0) is 6.54 Å². The van der Waals surface area contributed by atoms with Crippen molar-refractivity contribution in [2.75, 3.05) is 13.3 Å². The van der Waals surface area contributed by atoms with Crippen molar-refractivity contribution in [3.63, 3.8) is 0 Å². The average molecular weight is 289 g/mol. The van der Waals surface area contributed by atoms with Crippen LogP contribution in [-0.4, -0.2) is 29.4 Å². The molecule has 1 saturated heterocycles. The molecule has 0 amide bonds. The number of nitrogens with zero attached hydrogens (tertiary/aromatic N) is 1. The quantitative estimate of drug-likeness (QED) is 0.907. The summed E-state index contributed by atoms with van der Waals surface area (Å²) >= 11 is 0. The summed E-state index contributed by atoms with van der Waals surface area (Å²) in [6.45, 7) is 2.23. The molecule has 2 aliphatic heterocycles. The first kappa shape index (κ1) is 13.3. The van der Waals surface area contributed by atoms with Crippen LogP contribution in [0.3, 0.4) is 0 Å². The van der Waals surface area contributed by atoms with Gasteiger partial charge in [0.2, 0.25) is 6.79 Å². The minimum absolute atomic E-state index is 0.257. The number of ether oxygens (including phenoxy) is 2. The molecule has 2 atom stereocenters. The summed E-state index contributed by atoms with van der Waals surface area (Å²) in [4.78, 5) is 2.57. The van der Waals surface area contributed by atoms with Crippen molar-refractivity contribution < 1.29 is 14.6 Å². The number of phenolic OH excluding ortho intramolecular Hbond substituents is 1. The summed E-state index contributed by atoms with van der Waals surface area (Å²) in [6, 6.07) is 4.35. The van der Waals surface area contributed by atoms with E-state index in [9.17, 15) is 5.11 Å². The summed E-state index contributed by atoms with van der Waals surface area (Å²) in [5.41, 5.74) is 0.963. The average Bonchev–Trinajstić information content (AvgIpc) is 2.95. The lowest BCUT2D eigenvalue weighted by Crippen LogP contribution is -2.46. The maximum absolute atomic E-state index is 10.2. The number of benzene rings is 1. The van der Waals surface area contributed by atoms with Crippen LogP contribution in [0.5, 0.6) is 17.2 Å². The van der Waals surface area contributed by atoms with Crippen molar-refractivity contribution in [3.8, 4) is 17.2 Å². The number of hydrogen-bond donors (Lipinski definition) is 1. The molecule has 0 bridgehead atoms. The van der Waals surface area contributed by atoms with Crippen molar-refractivity contribution in [2.45, 2.75) is 51.1 Å². The smallest absolute Gasteiger partial charge is 0.231 e. The number of piperidine rings is 1. The van der Waals surface area contributed by atoms with Crippen LogP contribution >= 0.6 is 0 Å². The minimum atomic E-state index is 0.257.